The third-order valence-corrected chi connectivity index (χ3v) is 4.58. The zero-order chi connectivity index (χ0) is 13.1. The third-order valence-electron chi connectivity index (χ3n) is 3.90. The van der Waals surface area contributed by atoms with E-state index in [9.17, 15) is 5.11 Å². The van der Waals surface area contributed by atoms with Crippen LogP contribution < -0.4 is 4.90 Å². The maximum absolute atomic E-state index is 9.64. The van der Waals surface area contributed by atoms with Crippen LogP contribution in [0.5, 0.6) is 0 Å². The van der Waals surface area contributed by atoms with Crippen molar-refractivity contribution < 1.29 is 5.11 Å². The predicted molar refractivity (Wildman–Crippen MR) is 80.0 cm³/mol. The molecule has 18 heavy (non-hydrogen) atoms. The number of rotatable bonds is 3. The molecule has 0 aromatic heterocycles. The normalized spacial score (nSPS) is 22.0. The summed E-state index contributed by atoms with van der Waals surface area (Å²) in [4.78, 5) is 2.47. The van der Waals surface area contributed by atoms with E-state index in [0.717, 1.165) is 29.0 Å². The fourth-order valence-electron chi connectivity index (χ4n) is 2.68. The summed E-state index contributed by atoms with van der Waals surface area (Å²) in [6.45, 7) is 6.39. The summed E-state index contributed by atoms with van der Waals surface area (Å²) in [6.07, 6.45) is 3.50. The van der Waals surface area contributed by atoms with Gasteiger partial charge in [0.15, 0.2) is 0 Å². The zero-order valence-corrected chi connectivity index (χ0v) is 12.8. The Bertz CT molecular complexity index is 405. The van der Waals surface area contributed by atoms with Gasteiger partial charge in [0.25, 0.3) is 0 Å². The van der Waals surface area contributed by atoms with E-state index in [1.54, 1.807) is 6.92 Å². The Balaban J connectivity index is 2.16. The fraction of sp³-hybridized carbons (Fsp3) is 0.600. The lowest BCUT2D eigenvalue weighted by atomic mass is 9.95. The molecule has 0 saturated carbocycles. The van der Waals surface area contributed by atoms with Gasteiger partial charge in [-0.25, -0.2) is 0 Å². The first-order valence-electron chi connectivity index (χ1n) is 6.84. The molecular weight excluding hydrogens is 290 g/mol. The summed E-state index contributed by atoms with van der Waals surface area (Å²) in [6, 6.07) is 6.30. The molecular formula is C15H22BrNO. The van der Waals surface area contributed by atoms with Crippen LogP contribution in [0.15, 0.2) is 22.7 Å². The molecule has 1 fully saturated rings. The van der Waals surface area contributed by atoms with Crippen molar-refractivity contribution in [3.8, 4) is 0 Å². The van der Waals surface area contributed by atoms with E-state index < -0.39 is 6.10 Å². The molecule has 1 unspecified atom stereocenters. The van der Waals surface area contributed by atoms with Crippen LogP contribution in [0.3, 0.4) is 0 Å². The molecule has 1 aliphatic rings. The van der Waals surface area contributed by atoms with Gasteiger partial charge in [0.2, 0.25) is 0 Å². The Labute approximate surface area is 118 Å². The van der Waals surface area contributed by atoms with Gasteiger partial charge in [0.05, 0.1) is 6.10 Å². The molecule has 1 aliphatic heterocycles. The van der Waals surface area contributed by atoms with Crippen LogP contribution in [0.25, 0.3) is 0 Å². The van der Waals surface area contributed by atoms with E-state index in [2.05, 4.69) is 39.9 Å². The number of benzene rings is 1. The second kappa shape index (κ2) is 6.07. The van der Waals surface area contributed by atoms with Gasteiger partial charge in [-0.15, -0.1) is 0 Å². The second-order valence-electron chi connectivity index (χ2n) is 5.24. The molecule has 100 valence electrons. The summed E-state index contributed by atoms with van der Waals surface area (Å²) in [5.74, 6) is 0.828. The van der Waals surface area contributed by atoms with E-state index >= 15 is 0 Å². The van der Waals surface area contributed by atoms with E-state index in [0.29, 0.717) is 0 Å². The molecule has 3 heteroatoms. The fourth-order valence-corrected chi connectivity index (χ4v) is 3.38. The number of hydrogen-bond donors (Lipinski definition) is 1. The van der Waals surface area contributed by atoms with E-state index in [-0.39, 0.29) is 0 Å². The minimum atomic E-state index is -0.418. The van der Waals surface area contributed by atoms with Crippen LogP contribution in [0, 0.1) is 5.92 Å². The SMILES string of the molecule is CCC1CCCN(c2ccc([C@H](C)O)c(Br)c2)C1. The molecule has 0 radical (unpaired) electrons. The van der Waals surface area contributed by atoms with E-state index in [4.69, 9.17) is 0 Å². The number of anilines is 1. The third kappa shape index (κ3) is 3.07. The van der Waals surface area contributed by atoms with Crippen molar-refractivity contribution >= 4 is 21.6 Å². The standard InChI is InChI=1S/C15H22BrNO/c1-3-12-5-4-8-17(10-12)13-6-7-14(11(2)18)15(16)9-13/h6-7,9,11-12,18H,3-5,8,10H2,1-2H3/t11-,12?/m0/s1. The Morgan fingerprint density at radius 3 is 2.89 bits per heavy atom. The Hall–Kier alpha value is -0.540. The van der Waals surface area contributed by atoms with Crippen molar-refractivity contribution in [2.24, 2.45) is 5.92 Å². The average molecular weight is 312 g/mol. The molecule has 1 saturated heterocycles. The maximum atomic E-state index is 9.64. The van der Waals surface area contributed by atoms with Crippen LogP contribution >= 0.6 is 15.9 Å². The summed E-state index contributed by atoms with van der Waals surface area (Å²) < 4.78 is 1.01. The minimum absolute atomic E-state index is 0.418. The van der Waals surface area contributed by atoms with Crippen molar-refractivity contribution in [3.05, 3.63) is 28.2 Å². The van der Waals surface area contributed by atoms with Crippen molar-refractivity contribution in [3.63, 3.8) is 0 Å². The predicted octanol–water partition coefficient (Wildman–Crippen LogP) is 4.13. The number of nitrogens with zero attached hydrogens (tertiary/aromatic N) is 1. The van der Waals surface area contributed by atoms with Gasteiger partial charge in [-0.1, -0.05) is 35.3 Å². The summed E-state index contributed by atoms with van der Waals surface area (Å²) >= 11 is 3.56. The van der Waals surface area contributed by atoms with Gasteiger partial charge in [-0.05, 0) is 43.4 Å². The number of hydrogen-bond acceptors (Lipinski definition) is 2. The van der Waals surface area contributed by atoms with Gasteiger partial charge in [-0.3, -0.25) is 0 Å². The van der Waals surface area contributed by atoms with E-state index in [1.807, 2.05) is 6.07 Å². The molecule has 0 aliphatic carbocycles. The number of aliphatic hydroxyl groups excluding tert-OH is 1. The second-order valence-corrected chi connectivity index (χ2v) is 6.10. The van der Waals surface area contributed by atoms with Crippen molar-refractivity contribution in [2.75, 3.05) is 18.0 Å². The molecule has 1 aromatic rings. The summed E-state index contributed by atoms with van der Waals surface area (Å²) in [7, 11) is 0. The van der Waals surface area contributed by atoms with Crippen LogP contribution in [-0.2, 0) is 0 Å². The quantitative estimate of drug-likeness (QED) is 0.907. The van der Waals surface area contributed by atoms with Crippen LogP contribution in [0.2, 0.25) is 0 Å². The lowest BCUT2D eigenvalue weighted by Crippen LogP contribution is -2.35. The first-order valence-corrected chi connectivity index (χ1v) is 7.63. The van der Waals surface area contributed by atoms with Gasteiger partial charge in [0.1, 0.15) is 0 Å². The molecule has 0 spiro atoms. The highest BCUT2D eigenvalue weighted by Gasteiger charge is 2.19. The van der Waals surface area contributed by atoms with Crippen molar-refractivity contribution in [1.29, 1.82) is 0 Å². The van der Waals surface area contributed by atoms with Gasteiger partial charge in [0, 0.05) is 23.2 Å². The first-order chi connectivity index (χ1) is 8.61. The average Bonchev–Trinajstić information content (AvgIpc) is 2.38. The zero-order valence-electron chi connectivity index (χ0n) is 11.2. The molecule has 0 amide bonds. The highest BCUT2D eigenvalue weighted by molar-refractivity contribution is 9.10. The first kappa shape index (κ1) is 13.9. The number of aliphatic hydroxyl groups is 1. The highest BCUT2D eigenvalue weighted by atomic mass is 79.9. The van der Waals surface area contributed by atoms with Gasteiger partial charge >= 0.3 is 0 Å². The monoisotopic (exact) mass is 311 g/mol. The number of halogens is 1. The van der Waals surface area contributed by atoms with Gasteiger partial charge < -0.3 is 10.0 Å². The topological polar surface area (TPSA) is 23.5 Å². The molecule has 1 heterocycles. The molecule has 2 rings (SSSR count). The molecule has 2 nitrogen and oxygen atoms in total. The Kier molecular flexibility index (Phi) is 4.68. The molecule has 0 bridgehead atoms. The molecule has 1 aromatic carbocycles. The maximum Gasteiger partial charge on any atom is 0.0772 e. The lowest BCUT2D eigenvalue weighted by Gasteiger charge is -2.34. The minimum Gasteiger partial charge on any atom is -0.389 e. The largest absolute Gasteiger partial charge is 0.389 e. The van der Waals surface area contributed by atoms with E-state index in [1.165, 1.54) is 24.9 Å². The van der Waals surface area contributed by atoms with Crippen LogP contribution in [-0.4, -0.2) is 18.2 Å². The Morgan fingerprint density at radius 2 is 2.28 bits per heavy atom. The Morgan fingerprint density at radius 1 is 1.50 bits per heavy atom. The molecule has 1 N–H and O–H groups in total. The lowest BCUT2D eigenvalue weighted by molar-refractivity contribution is 0.198. The highest BCUT2D eigenvalue weighted by Crippen LogP contribution is 2.31. The van der Waals surface area contributed by atoms with Crippen LogP contribution in [0.4, 0.5) is 5.69 Å². The van der Waals surface area contributed by atoms with Crippen molar-refractivity contribution in [1.82, 2.24) is 0 Å². The molecule has 2 atom stereocenters. The summed E-state index contributed by atoms with van der Waals surface area (Å²) in [5, 5.41) is 9.64. The van der Waals surface area contributed by atoms with Gasteiger partial charge in [-0.2, -0.15) is 0 Å². The van der Waals surface area contributed by atoms with Crippen molar-refractivity contribution in [2.45, 2.75) is 39.2 Å². The smallest absolute Gasteiger partial charge is 0.0772 e. The summed E-state index contributed by atoms with van der Waals surface area (Å²) in [5.41, 5.74) is 2.23. The van der Waals surface area contributed by atoms with Crippen LogP contribution in [0.1, 0.15) is 44.8 Å². The number of piperidine rings is 1.